The summed E-state index contributed by atoms with van der Waals surface area (Å²) in [6.07, 6.45) is 4.93. The molecule has 2 rings (SSSR count). The zero-order valence-corrected chi connectivity index (χ0v) is 9.80. The van der Waals surface area contributed by atoms with Crippen LogP contribution in [0.4, 0.5) is 0 Å². The number of carboxylic acids is 1. The topological polar surface area (TPSA) is 57.5 Å². The van der Waals surface area contributed by atoms with Gasteiger partial charge in [-0.25, -0.2) is 4.79 Å². The van der Waals surface area contributed by atoms with E-state index >= 15 is 0 Å². The minimum absolute atomic E-state index is 0.456. The summed E-state index contributed by atoms with van der Waals surface area (Å²) in [5.41, 5.74) is 1.73. The third-order valence-corrected chi connectivity index (χ3v) is 3.56. The van der Waals surface area contributed by atoms with Crippen molar-refractivity contribution in [3.63, 3.8) is 0 Å². The van der Waals surface area contributed by atoms with Crippen LogP contribution in [0.5, 0.6) is 0 Å². The Morgan fingerprint density at radius 1 is 1.12 bits per heavy atom. The SMILES string of the molecule is O=C(O)C(O)c1ccc(C2CCCCC2)cc1. The highest BCUT2D eigenvalue weighted by atomic mass is 16.4. The van der Waals surface area contributed by atoms with Crippen molar-refractivity contribution in [1.82, 2.24) is 0 Å². The molecular formula is C14H18O3. The van der Waals surface area contributed by atoms with Gasteiger partial charge in [0.05, 0.1) is 0 Å². The van der Waals surface area contributed by atoms with Crippen LogP contribution in [0.3, 0.4) is 0 Å². The van der Waals surface area contributed by atoms with Crippen LogP contribution in [-0.4, -0.2) is 16.2 Å². The normalized spacial score (nSPS) is 18.9. The molecule has 0 bridgehead atoms. The molecule has 0 saturated heterocycles. The van der Waals surface area contributed by atoms with Crippen molar-refractivity contribution in [2.24, 2.45) is 0 Å². The first-order valence-corrected chi connectivity index (χ1v) is 6.19. The van der Waals surface area contributed by atoms with Gasteiger partial charge in [-0.15, -0.1) is 0 Å². The van der Waals surface area contributed by atoms with Crippen molar-refractivity contribution in [3.05, 3.63) is 35.4 Å². The highest BCUT2D eigenvalue weighted by Crippen LogP contribution is 2.32. The minimum atomic E-state index is -1.41. The van der Waals surface area contributed by atoms with Gasteiger partial charge in [0.1, 0.15) is 0 Å². The molecule has 0 amide bonds. The van der Waals surface area contributed by atoms with Gasteiger partial charge in [0.15, 0.2) is 6.10 Å². The van der Waals surface area contributed by atoms with Gasteiger partial charge in [-0.2, -0.15) is 0 Å². The minimum Gasteiger partial charge on any atom is -0.479 e. The smallest absolute Gasteiger partial charge is 0.337 e. The van der Waals surface area contributed by atoms with Crippen molar-refractivity contribution >= 4 is 5.97 Å². The molecule has 0 aliphatic heterocycles. The van der Waals surface area contributed by atoms with Crippen LogP contribution >= 0.6 is 0 Å². The highest BCUT2D eigenvalue weighted by Gasteiger charge is 2.18. The number of aliphatic hydroxyl groups excluding tert-OH is 1. The van der Waals surface area contributed by atoms with Gasteiger partial charge in [0, 0.05) is 0 Å². The Balaban J connectivity index is 2.09. The Bertz CT molecular complexity index is 377. The predicted octanol–water partition coefficient (Wildman–Crippen LogP) is 2.85. The van der Waals surface area contributed by atoms with Gasteiger partial charge >= 0.3 is 5.97 Å². The van der Waals surface area contributed by atoms with E-state index in [0.29, 0.717) is 11.5 Å². The maximum Gasteiger partial charge on any atom is 0.337 e. The van der Waals surface area contributed by atoms with E-state index in [1.54, 1.807) is 12.1 Å². The molecule has 0 radical (unpaired) electrons. The molecule has 92 valence electrons. The Morgan fingerprint density at radius 3 is 2.24 bits per heavy atom. The number of hydrogen-bond donors (Lipinski definition) is 2. The molecule has 1 unspecified atom stereocenters. The zero-order chi connectivity index (χ0) is 12.3. The summed E-state index contributed by atoms with van der Waals surface area (Å²) in [6.45, 7) is 0. The van der Waals surface area contributed by atoms with Crippen molar-refractivity contribution in [1.29, 1.82) is 0 Å². The summed E-state index contributed by atoms with van der Waals surface area (Å²) >= 11 is 0. The second-order valence-corrected chi connectivity index (χ2v) is 4.74. The molecule has 1 aromatic rings. The van der Waals surface area contributed by atoms with Crippen LogP contribution in [-0.2, 0) is 4.79 Å². The first-order chi connectivity index (χ1) is 8.18. The Hall–Kier alpha value is -1.35. The number of aliphatic carboxylic acids is 1. The maximum atomic E-state index is 10.6. The highest BCUT2D eigenvalue weighted by molar-refractivity contribution is 5.73. The van der Waals surface area contributed by atoms with Gasteiger partial charge in [0.25, 0.3) is 0 Å². The number of benzene rings is 1. The average molecular weight is 234 g/mol. The van der Waals surface area contributed by atoms with Gasteiger partial charge in [-0.3, -0.25) is 0 Å². The van der Waals surface area contributed by atoms with Crippen LogP contribution in [0.1, 0.15) is 55.3 Å². The number of hydrogen-bond acceptors (Lipinski definition) is 2. The summed E-state index contributed by atoms with van der Waals surface area (Å²) in [4.78, 5) is 10.6. The molecule has 1 aliphatic rings. The fraction of sp³-hybridized carbons (Fsp3) is 0.500. The summed E-state index contributed by atoms with van der Waals surface area (Å²) in [7, 11) is 0. The molecular weight excluding hydrogens is 216 g/mol. The molecule has 3 heteroatoms. The van der Waals surface area contributed by atoms with E-state index < -0.39 is 12.1 Å². The van der Waals surface area contributed by atoms with E-state index in [9.17, 15) is 9.90 Å². The Morgan fingerprint density at radius 2 is 1.71 bits per heavy atom. The van der Waals surface area contributed by atoms with E-state index in [4.69, 9.17) is 5.11 Å². The van der Waals surface area contributed by atoms with Crippen LogP contribution in [0, 0.1) is 0 Å². The van der Waals surface area contributed by atoms with E-state index in [0.717, 1.165) is 0 Å². The standard InChI is InChI=1S/C14H18O3/c15-13(14(16)17)12-8-6-11(7-9-12)10-4-2-1-3-5-10/h6-10,13,15H,1-5H2,(H,16,17). The molecule has 1 aromatic carbocycles. The zero-order valence-electron chi connectivity index (χ0n) is 9.80. The quantitative estimate of drug-likeness (QED) is 0.845. The summed E-state index contributed by atoms with van der Waals surface area (Å²) in [5, 5.41) is 18.1. The summed E-state index contributed by atoms with van der Waals surface area (Å²) < 4.78 is 0. The molecule has 17 heavy (non-hydrogen) atoms. The third-order valence-electron chi connectivity index (χ3n) is 3.56. The average Bonchev–Trinajstić information content (AvgIpc) is 2.39. The first kappa shape index (κ1) is 12.1. The lowest BCUT2D eigenvalue weighted by atomic mass is 9.84. The van der Waals surface area contributed by atoms with Crippen molar-refractivity contribution in [3.8, 4) is 0 Å². The lowest BCUT2D eigenvalue weighted by Crippen LogP contribution is -2.10. The molecule has 1 atom stereocenters. The van der Waals surface area contributed by atoms with E-state index in [-0.39, 0.29) is 0 Å². The summed E-state index contributed by atoms with van der Waals surface area (Å²) in [6, 6.07) is 7.36. The van der Waals surface area contributed by atoms with Crippen LogP contribution in [0.25, 0.3) is 0 Å². The maximum absolute atomic E-state index is 10.6. The fourth-order valence-corrected chi connectivity index (χ4v) is 2.53. The molecule has 2 N–H and O–H groups in total. The molecule has 1 aliphatic carbocycles. The lowest BCUT2D eigenvalue weighted by Gasteiger charge is -2.22. The van der Waals surface area contributed by atoms with Crippen molar-refractivity contribution in [2.75, 3.05) is 0 Å². The van der Waals surface area contributed by atoms with Crippen LogP contribution in [0.2, 0.25) is 0 Å². The lowest BCUT2D eigenvalue weighted by molar-refractivity contribution is -0.146. The van der Waals surface area contributed by atoms with E-state index in [1.165, 1.54) is 37.7 Å². The molecule has 3 nitrogen and oxygen atoms in total. The molecule has 0 aromatic heterocycles. The van der Waals surface area contributed by atoms with Gasteiger partial charge in [-0.05, 0) is 29.9 Å². The number of carbonyl (C=O) groups is 1. The Labute approximate surface area is 101 Å². The molecule has 0 heterocycles. The number of aliphatic hydroxyl groups is 1. The molecule has 1 saturated carbocycles. The van der Waals surface area contributed by atoms with Gasteiger partial charge < -0.3 is 10.2 Å². The van der Waals surface area contributed by atoms with Gasteiger partial charge in [-0.1, -0.05) is 43.5 Å². The number of carboxylic acid groups (broad SMARTS) is 1. The first-order valence-electron chi connectivity index (χ1n) is 6.19. The third kappa shape index (κ3) is 2.86. The second kappa shape index (κ2) is 5.32. The molecule has 1 fully saturated rings. The van der Waals surface area contributed by atoms with Crippen LogP contribution in [0.15, 0.2) is 24.3 Å². The molecule has 0 spiro atoms. The summed E-state index contributed by atoms with van der Waals surface area (Å²) in [5.74, 6) is -0.588. The largest absolute Gasteiger partial charge is 0.479 e. The van der Waals surface area contributed by atoms with Crippen molar-refractivity contribution in [2.45, 2.75) is 44.1 Å². The van der Waals surface area contributed by atoms with Crippen molar-refractivity contribution < 1.29 is 15.0 Å². The fourth-order valence-electron chi connectivity index (χ4n) is 2.53. The predicted molar refractivity (Wildman–Crippen MR) is 64.9 cm³/mol. The monoisotopic (exact) mass is 234 g/mol. The van der Waals surface area contributed by atoms with Gasteiger partial charge in [0.2, 0.25) is 0 Å². The van der Waals surface area contributed by atoms with Crippen LogP contribution < -0.4 is 0 Å². The number of rotatable bonds is 3. The Kier molecular flexibility index (Phi) is 3.79. The van der Waals surface area contributed by atoms with E-state index in [1.807, 2.05) is 12.1 Å². The van der Waals surface area contributed by atoms with E-state index in [2.05, 4.69) is 0 Å². The second-order valence-electron chi connectivity index (χ2n) is 4.74.